The first kappa shape index (κ1) is 20.5. The fourth-order valence-electron chi connectivity index (χ4n) is 4.45. The third kappa shape index (κ3) is 4.07. The Morgan fingerprint density at radius 3 is 2.53 bits per heavy atom. The van der Waals surface area contributed by atoms with Gasteiger partial charge in [-0.1, -0.05) is 25.0 Å². The number of nitrogens with zero attached hydrogens (tertiary/aromatic N) is 3. The van der Waals surface area contributed by atoms with E-state index in [9.17, 15) is 0 Å². The Bertz CT molecular complexity index is 952. The van der Waals surface area contributed by atoms with Crippen LogP contribution in [0.5, 0.6) is 5.75 Å². The van der Waals surface area contributed by atoms with Crippen molar-refractivity contribution >= 4 is 5.71 Å². The third-order valence-electron chi connectivity index (χ3n) is 6.20. The summed E-state index contributed by atoms with van der Waals surface area (Å²) in [4.78, 5) is 2.50. The van der Waals surface area contributed by atoms with E-state index in [0.29, 0.717) is 6.04 Å². The van der Waals surface area contributed by atoms with E-state index in [2.05, 4.69) is 47.0 Å². The van der Waals surface area contributed by atoms with E-state index >= 15 is 0 Å². The zero-order chi connectivity index (χ0) is 21.1. The number of benzene rings is 2. The highest BCUT2D eigenvalue weighted by Gasteiger charge is 2.33. The molecule has 1 fully saturated rings. The van der Waals surface area contributed by atoms with Crippen molar-refractivity contribution in [2.24, 2.45) is 10.8 Å². The van der Waals surface area contributed by atoms with Gasteiger partial charge in [0.2, 0.25) is 0 Å². The van der Waals surface area contributed by atoms with Gasteiger partial charge in [-0.15, -0.1) is 6.42 Å². The summed E-state index contributed by atoms with van der Waals surface area (Å²) in [7, 11) is 1.69. The van der Waals surface area contributed by atoms with Crippen LogP contribution in [0.4, 0.5) is 0 Å². The minimum Gasteiger partial charge on any atom is -0.497 e. The first-order chi connectivity index (χ1) is 14.6. The van der Waals surface area contributed by atoms with Crippen LogP contribution in [-0.2, 0) is 6.54 Å². The van der Waals surface area contributed by atoms with Crippen molar-refractivity contribution in [2.75, 3.05) is 20.2 Å². The van der Waals surface area contributed by atoms with Gasteiger partial charge in [0.25, 0.3) is 0 Å². The summed E-state index contributed by atoms with van der Waals surface area (Å²) in [5.41, 5.74) is 12.3. The second-order valence-corrected chi connectivity index (χ2v) is 8.03. The quantitative estimate of drug-likeness (QED) is 0.775. The van der Waals surface area contributed by atoms with Crippen LogP contribution in [0.2, 0.25) is 0 Å². The van der Waals surface area contributed by atoms with Crippen LogP contribution in [0.3, 0.4) is 0 Å². The molecule has 1 unspecified atom stereocenters. The molecular weight excluding hydrogens is 372 g/mol. The topological polar surface area (TPSA) is 54.1 Å². The van der Waals surface area contributed by atoms with E-state index in [4.69, 9.17) is 22.0 Å². The Morgan fingerprint density at radius 2 is 1.90 bits per heavy atom. The van der Waals surface area contributed by atoms with Crippen molar-refractivity contribution in [1.29, 1.82) is 0 Å². The van der Waals surface area contributed by atoms with Gasteiger partial charge < -0.3 is 10.5 Å². The lowest BCUT2D eigenvalue weighted by molar-refractivity contribution is 0.0722. The van der Waals surface area contributed by atoms with E-state index in [1.165, 1.54) is 5.56 Å². The molecule has 0 saturated carbocycles. The maximum absolute atomic E-state index is 6.68. The average molecular weight is 403 g/mol. The fourth-order valence-corrected chi connectivity index (χ4v) is 4.45. The molecule has 156 valence electrons. The summed E-state index contributed by atoms with van der Waals surface area (Å²) in [6, 6.07) is 14.8. The molecule has 0 bridgehead atoms. The minimum absolute atomic E-state index is 0.238. The largest absolute Gasteiger partial charge is 0.497 e. The molecule has 0 spiro atoms. The molecule has 5 nitrogen and oxygen atoms in total. The van der Waals surface area contributed by atoms with Gasteiger partial charge in [0.05, 0.1) is 18.9 Å². The summed E-state index contributed by atoms with van der Waals surface area (Å²) in [5, 5.41) is 7.12. The molecule has 0 radical (unpaired) electrons. The average Bonchev–Trinajstić information content (AvgIpc) is 2.80. The molecule has 2 heterocycles. The van der Waals surface area contributed by atoms with Crippen LogP contribution in [0.1, 0.15) is 54.6 Å². The predicted octanol–water partition coefficient (Wildman–Crippen LogP) is 3.73. The SMILES string of the molecule is C#Cc1ccc(CN2CCC(N3N=C(CC)c4ccc(OC)cc4C3N)CC2)cc1. The van der Waals surface area contributed by atoms with Gasteiger partial charge in [-0.3, -0.25) is 9.91 Å². The second-order valence-electron chi connectivity index (χ2n) is 8.03. The van der Waals surface area contributed by atoms with Crippen molar-refractivity contribution in [2.45, 2.75) is 44.9 Å². The second kappa shape index (κ2) is 8.91. The van der Waals surface area contributed by atoms with E-state index in [1.807, 2.05) is 18.2 Å². The molecule has 2 aliphatic heterocycles. The van der Waals surface area contributed by atoms with Crippen LogP contribution >= 0.6 is 0 Å². The van der Waals surface area contributed by atoms with E-state index in [1.54, 1.807) is 7.11 Å². The summed E-state index contributed by atoms with van der Waals surface area (Å²) in [5.74, 6) is 3.52. The standard InChI is InChI=1S/C25H30N4O/c1-4-18-6-8-19(9-7-18)17-28-14-12-20(13-15-28)29-25(26)23-16-21(30-3)10-11-22(23)24(5-2)27-29/h1,6-11,16,20,25H,5,12-15,17,26H2,2-3H3. The molecule has 4 rings (SSSR count). The first-order valence-electron chi connectivity index (χ1n) is 10.7. The van der Waals surface area contributed by atoms with Crippen molar-refractivity contribution in [3.05, 3.63) is 64.7 Å². The number of methoxy groups -OCH3 is 1. The molecule has 2 aromatic carbocycles. The Morgan fingerprint density at radius 1 is 1.17 bits per heavy atom. The number of likely N-dealkylation sites (tertiary alicyclic amines) is 1. The maximum atomic E-state index is 6.68. The van der Waals surface area contributed by atoms with Gasteiger partial charge in [0, 0.05) is 36.3 Å². The normalized spacial score (nSPS) is 19.7. The maximum Gasteiger partial charge on any atom is 0.121 e. The van der Waals surface area contributed by atoms with Gasteiger partial charge in [-0.2, -0.15) is 5.10 Å². The van der Waals surface area contributed by atoms with Gasteiger partial charge >= 0.3 is 0 Å². The smallest absolute Gasteiger partial charge is 0.121 e. The van der Waals surface area contributed by atoms with Crippen LogP contribution in [0.25, 0.3) is 0 Å². The molecule has 0 aromatic heterocycles. The summed E-state index contributed by atoms with van der Waals surface area (Å²) in [6.07, 6.45) is 8.20. The number of rotatable bonds is 5. The minimum atomic E-state index is -0.238. The van der Waals surface area contributed by atoms with Crippen LogP contribution in [-0.4, -0.2) is 41.9 Å². The number of hydrogen-bond donors (Lipinski definition) is 1. The number of fused-ring (bicyclic) bond motifs is 1. The van der Waals surface area contributed by atoms with Crippen molar-refractivity contribution < 1.29 is 4.74 Å². The third-order valence-corrected chi connectivity index (χ3v) is 6.20. The monoisotopic (exact) mass is 402 g/mol. The summed E-state index contributed by atoms with van der Waals surface area (Å²) in [6.45, 7) is 5.17. The number of terminal acetylenes is 1. The Hall–Kier alpha value is -2.81. The van der Waals surface area contributed by atoms with E-state index in [-0.39, 0.29) is 6.17 Å². The number of hydrogen-bond acceptors (Lipinski definition) is 5. The van der Waals surface area contributed by atoms with Crippen molar-refractivity contribution in [3.63, 3.8) is 0 Å². The molecule has 1 saturated heterocycles. The molecule has 2 aliphatic rings. The lowest BCUT2D eigenvalue weighted by atomic mass is 9.95. The van der Waals surface area contributed by atoms with Crippen LogP contribution in [0, 0.1) is 12.3 Å². The van der Waals surface area contributed by atoms with Gasteiger partial charge in [0.1, 0.15) is 11.9 Å². The summed E-state index contributed by atoms with van der Waals surface area (Å²) < 4.78 is 5.43. The molecule has 1 atom stereocenters. The lowest BCUT2D eigenvalue weighted by Crippen LogP contribution is -2.47. The molecule has 0 amide bonds. The van der Waals surface area contributed by atoms with Gasteiger partial charge in [-0.05, 0) is 55.2 Å². The molecule has 2 aromatic rings. The molecule has 0 aliphatic carbocycles. The lowest BCUT2D eigenvalue weighted by Gasteiger charge is -2.42. The molecule has 30 heavy (non-hydrogen) atoms. The predicted molar refractivity (Wildman–Crippen MR) is 121 cm³/mol. The van der Waals surface area contributed by atoms with E-state index < -0.39 is 0 Å². The Kier molecular flexibility index (Phi) is 6.08. The van der Waals surface area contributed by atoms with Crippen LogP contribution in [0.15, 0.2) is 47.6 Å². The van der Waals surface area contributed by atoms with E-state index in [0.717, 1.165) is 67.0 Å². The fraction of sp³-hybridized carbons (Fsp3) is 0.400. The Balaban J connectivity index is 1.44. The number of nitrogens with two attached hydrogens (primary N) is 1. The Labute approximate surface area is 179 Å². The van der Waals surface area contributed by atoms with Crippen molar-refractivity contribution in [1.82, 2.24) is 9.91 Å². The molecule has 5 heteroatoms. The highest BCUT2D eigenvalue weighted by Crippen LogP contribution is 2.34. The molecule has 2 N–H and O–H groups in total. The first-order valence-corrected chi connectivity index (χ1v) is 10.7. The van der Waals surface area contributed by atoms with Gasteiger partial charge in [-0.25, -0.2) is 0 Å². The number of ether oxygens (including phenoxy) is 1. The zero-order valence-electron chi connectivity index (χ0n) is 17.8. The molecular formula is C25H30N4O. The number of hydrazone groups is 1. The highest BCUT2D eigenvalue weighted by molar-refractivity contribution is 6.02. The van der Waals surface area contributed by atoms with Crippen molar-refractivity contribution in [3.8, 4) is 18.1 Å². The van der Waals surface area contributed by atoms with Gasteiger partial charge in [0.15, 0.2) is 0 Å². The van der Waals surface area contributed by atoms with Crippen LogP contribution < -0.4 is 10.5 Å². The zero-order valence-corrected chi connectivity index (χ0v) is 17.8. The highest BCUT2D eigenvalue weighted by atomic mass is 16.5. The number of piperidine rings is 1. The summed E-state index contributed by atoms with van der Waals surface area (Å²) >= 11 is 0.